The Morgan fingerprint density at radius 2 is 1.74 bits per heavy atom. The lowest BCUT2D eigenvalue weighted by molar-refractivity contribution is -0.146. The van der Waals surface area contributed by atoms with Crippen molar-refractivity contribution < 1.29 is 19.4 Å². The fourth-order valence-corrected chi connectivity index (χ4v) is 2.80. The summed E-state index contributed by atoms with van der Waals surface area (Å²) in [5, 5.41) is 8.50. The van der Waals surface area contributed by atoms with Crippen LogP contribution in [-0.4, -0.2) is 47.7 Å². The predicted octanol–water partition coefficient (Wildman–Crippen LogP) is 1.66. The average molecular weight is 269 g/mol. The standard InChI is InChI=1S/C14H23NO4/c16-13(9-19-10-14(17)18)15(12-6-7-12)8-11-4-2-1-3-5-11/h11-12H,1-10H2,(H,17,18). The zero-order valence-electron chi connectivity index (χ0n) is 11.3. The van der Waals surface area contributed by atoms with Crippen molar-refractivity contribution in [1.82, 2.24) is 4.90 Å². The summed E-state index contributed by atoms with van der Waals surface area (Å²) in [7, 11) is 0. The molecule has 0 saturated heterocycles. The van der Waals surface area contributed by atoms with Gasteiger partial charge < -0.3 is 14.7 Å². The number of carbonyl (C=O) groups is 2. The van der Waals surface area contributed by atoms with Gasteiger partial charge in [0, 0.05) is 12.6 Å². The third-order valence-electron chi connectivity index (χ3n) is 3.94. The van der Waals surface area contributed by atoms with Gasteiger partial charge in [-0.3, -0.25) is 4.79 Å². The van der Waals surface area contributed by atoms with Crippen LogP contribution in [-0.2, 0) is 14.3 Å². The summed E-state index contributed by atoms with van der Waals surface area (Å²) in [6.07, 6.45) is 8.45. The molecule has 2 rings (SSSR count). The number of ether oxygens (including phenoxy) is 1. The maximum atomic E-state index is 12.1. The van der Waals surface area contributed by atoms with E-state index in [0.717, 1.165) is 19.4 Å². The van der Waals surface area contributed by atoms with E-state index in [0.29, 0.717) is 12.0 Å². The number of carboxylic acids is 1. The Labute approximate surface area is 113 Å². The molecule has 19 heavy (non-hydrogen) atoms. The van der Waals surface area contributed by atoms with Crippen molar-refractivity contribution >= 4 is 11.9 Å². The molecule has 0 aliphatic heterocycles. The Balaban J connectivity index is 1.77. The summed E-state index contributed by atoms with van der Waals surface area (Å²) >= 11 is 0. The molecule has 2 aliphatic carbocycles. The minimum Gasteiger partial charge on any atom is -0.480 e. The van der Waals surface area contributed by atoms with Gasteiger partial charge in [0.15, 0.2) is 0 Å². The van der Waals surface area contributed by atoms with E-state index in [-0.39, 0.29) is 12.5 Å². The van der Waals surface area contributed by atoms with Crippen molar-refractivity contribution in [3.8, 4) is 0 Å². The summed E-state index contributed by atoms with van der Waals surface area (Å²) in [6.45, 7) is 0.336. The molecular formula is C14H23NO4. The molecule has 0 atom stereocenters. The van der Waals surface area contributed by atoms with Crippen LogP contribution in [0.25, 0.3) is 0 Å². The maximum absolute atomic E-state index is 12.1. The van der Waals surface area contributed by atoms with E-state index in [9.17, 15) is 9.59 Å². The summed E-state index contributed by atoms with van der Waals surface area (Å²) in [4.78, 5) is 24.4. The van der Waals surface area contributed by atoms with Crippen molar-refractivity contribution in [1.29, 1.82) is 0 Å². The molecule has 0 unspecified atom stereocenters. The second kappa shape index (κ2) is 6.89. The van der Waals surface area contributed by atoms with Crippen molar-refractivity contribution in [3.63, 3.8) is 0 Å². The second-order valence-corrected chi connectivity index (χ2v) is 5.67. The first-order valence-corrected chi connectivity index (χ1v) is 7.26. The third-order valence-corrected chi connectivity index (χ3v) is 3.94. The molecule has 2 saturated carbocycles. The zero-order chi connectivity index (χ0) is 13.7. The predicted molar refractivity (Wildman–Crippen MR) is 69.8 cm³/mol. The van der Waals surface area contributed by atoms with Gasteiger partial charge in [0.05, 0.1) is 0 Å². The van der Waals surface area contributed by atoms with Crippen molar-refractivity contribution in [2.75, 3.05) is 19.8 Å². The largest absolute Gasteiger partial charge is 0.480 e. The SMILES string of the molecule is O=C(O)COCC(=O)N(CC1CCCCC1)C1CC1. The lowest BCUT2D eigenvalue weighted by atomic mass is 9.89. The molecule has 5 nitrogen and oxygen atoms in total. The van der Waals surface area contributed by atoms with Crippen molar-refractivity contribution in [2.24, 2.45) is 5.92 Å². The van der Waals surface area contributed by atoms with Crippen LogP contribution < -0.4 is 0 Å². The monoisotopic (exact) mass is 269 g/mol. The Bertz CT molecular complexity index is 321. The maximum Gasteiger partial charge on any atom is 0.329 e. The van der Waals surface area contributed by atoms with Gasteiger partial charge >= 0.3 is 5.97 Å². The van der Waals surface area contributed by atoms with Crippen molar-refractivity contribution in [2.45, 2.75) is 51.0 Å². The average Bonchev–Trinajstić information content (AvgIpc) is 3.21. The molecular weight excluding hydrogens is 246 g/mol. The number of aliphatic carboxylic acids is 1. The van der Waals surface area contributed by atoms with E-state index >= 15 is 0 Å². The van der Waals surface area contributed by atoms with Crippen LogP contribution in [0.15, 0.2) is 0 Å². The molecule has 1 N–H and O–H groups in total. The smallest absolute Gasteiger partial charge is 0.329 e. The van der Waals surface area contributed by atoms with Gasteiger partial charge in [-0.2, -0.15) is 0 Å². The fraction of sp³-hybridized carbons (Fsp3) is 0.857. The summed E-state index contributed by atoms with van der Waals surface area (Å²) in [5.74, 6) is -0.454. The molecule has 0 bridgehead atoms. The van der Waals surface area contributed by atoms with Gasteiger partial charge in [0.2, 0.25) is 5.91 Å². The minimum absolute atomic E-state index is 0.0469. The van der Waals surface area contributed by atoms with E-state index in [4.69, 9.17) is 9.84 Å². The van der Waals surface area contributed by atoms with Crippen LogP contribution in [0.1, 0.15) is 44.9 Å². The van der Waals surface area contributed by atoms with E-state index in [1.807, 2.05) is 4.90 Å². The van der Waals surface area contributed by atoms with Crippen molar-refractivity contribution in [3.05, 3.63) is 0 Å². The van der Waals surface area contributed by atoms with Crippen LogP contribution in [0.2, 0.25) is 0 Å². The van der Waals surface area contributed by atoms with E-state index in [1.165, 1.54) is 32.1 Å². The Hall–Kier alpha value is -1.10. The topological polar surface area (TPSA) is 66.8 Å². The van der Waals surface area contributed by atoms with Gasteiger partial charge in [-0.25, -0.2) is 4.79 Å². The molecule has 0 heterocycles. The Morgan fingerprint density at radius 1 is 1.05 bits per heavy atom. The van der Waals surface area contributed by atoms with E-state index < -0.39 is 12.6 Å². The van der Waals surface area contributed by atoms with Gasteiger partial charge in [0.25, 0.3) is 0 Å². The highest BCUT2D eigenvalue weighted by atomic mass is 16.5. The van der Waals surface area contributed by atoms with Crippen LogP contribution in [0.3, 0.4) is 0 Å². The van der Waals surface area contributed by atoms with E-state index in [2.05, 4.69) is 0 Å². The molecule has 5 heteroatoms. The zero-order valence-corrected chi connectivity index (χ0v) is 11.3. The first-order valence-electron chi connectivity index (χ1n) is 7.26. The van der Waals surface area contributed by atoms with E-state index in [1.54, 1.807) is 0 Å². The quantitative estimate of drug-likeness (QED) is 0.763. The van der Waals surface area contributed by atoms with Crippen LogP contribution in [0.4, 0.5) is 0 Å². The summed E-state index contributed by atoms with van der Waals surface area (Å²) < 4.78 is 4.91. The van der Waals surface area contributed by atoms with Crippen LogP contribution in [0, 0.1) is 5.92 Å². The highest BCUT2D eigenvalue weighted by Crippen LogP contribution is 2.31. The minimum atomic E-state index is -1.03. The number of nitrogens with zero attached hydrogens (tertiary/aromatic N) is 1. The fourth-order valence-electron chi connectivity index (χ4n) is 2.80. The number of carbonyl (C=O) groups excluding carboxylic acids is 1. The lowest BCUT2D eigenvalue weighted by Gasteiger charge is -2.29. The normalized spacial score (nSPS) is 20.2. The van der Waals surface area contributed by atoms with Gasteiger partial charge in [-0.15, -0.1) is 0 Å². The highest BCUT2D eigenvalue weighted by molar-refractivity contribution is 5.78. The molecule has 2 fully saturated rings. The first-order chi connectivity index (χ1) is 9.16. The van der Waals surface area contributed by atoms with Gasteiger partial charge in [0.1, 0.15) is 13.2 Å². The molecule has 0 aromatic rings. The van der Waals surface area contributed by atoms with Crippen LogP contribution >= 0.6 is 0 Å². The number of amides is 1. The lowest BCUT2D eigenvalue weighted by Crippen LogP contribution is -2.40. The molecule has 1 amide bonds. The molecule has 108 valence electrons. The number of rotatable bonds is 7. The first kappa shape index (κ1) is 14.3. The molecule has 2 aliphatic rings. The molecule has 0 radical (unpaired) electrons. The Kier molecular flexibility index (Phi) is 5.19. The molecule has 0 spiro atoms. The molecule has 0 aromatic heterocycles. The summed E-state index contributed by atoms with van der Waals surface area (Å²) in [5.41, 5.74) is 0. The second-order valence-electron chi connectivity index (χ2n) is 5.67. The van der Waals surface area contributed by atoms with Gasteiger partial charge in [-0.05, 0) is 31.6 Å². The van der Waals surface area contributed by atoms with Gasteiger partial charge in [-0.1, -0.05) is 19.3 Å². The van der Waals surface area contributed by atoms with Crippen LogP contribution in [0.5, 0.6) is 0 Å². The summed E-state index contributed by atoms with van der Waals surface area (Å²) in [6, 6.07) is 0.378. The molecule has 0 aromatic carbocycles. The highest BCUT2D eigenvalue weighted by Gasteiger charge is 2.34. The number of hydrogen-bond acceptors (Lipinski definition) is 3. The number of carboxylic acid groups (broad SMARTS) is 1. The third kappa shape index (κ3) is 4.82. The number of hydrogen-bond donors (Lipinski definition) is 1. The Morgan fingerprint density at radius 3 is 2.32 bits per heavy atom.